The topological polar surface area (TPSA) is 4.36 Å². The number of hydrogen-bond acceptors (Lipinski definition) is 0. The van der Waals surface area contributed by atoms with Gasteiger partial charge in [-0.1, -0.05) is 44.2 Å². The maximum absolute atomic E-state index is 7.05. The van der Waals surface area contributed by atoms with Crippen molar-refractivity contribution in [2.75, 3.05) is 6.54 Å². The van der Waals surface area contributed by atoms with Gasteiger partial charge in [0.05, 0.1) is 5.41 Å². The third kappa shape index (κ3) is 1.14. The molecule has 0 N–H and O–H groups in total. The fourth-order valence-corrected chi connectivity index (χ4v) is 2.46. The minimum absolute atomic E-state index is 0.135. The van der Waals surface area contributed by atoms with E-state index in [2.05, 4.69) is 43.0 Å². The fourth-order valence-electron chi connectivity index (χ4n) is 2.46. The van der Waals surface area contributed by atoms with Crippen LogP contribution in [0.4, 0.5) is 0 Å². The molecule has 1 saturated carbocycles. The summed E-state index contributed by atoms with van der Waals surface area (Å²) in [6.45, 7) is 12.2. The number of benzene rings is 1. The number of nitrogens with zero attached hydrogens (tertiary/aromatic N) is 1. The molecule has 0 radical (unpaired) electrons. The van der Waals surface area contributed by atoms with Crippen LogP contribution in [0.5, 0.6) is 0 Å². The van der Waals surface area contributed by atoms with E-state index in [1.54, 1.807) is 0 Å². The zero-order valence-electron chi connectivity index (χ0n) is 8.75. The molecule has 1 aromatic carbocycles. The Balaban J connectivity index is 2.37. The van der Waals surface area contributed by atoms with Crippen LogP contribution < -0.4 is 0 Å². The van der Waals surface area contributed by atoms with Crippen LogP contribution in [0.25, 0.3) is 4.85 Å². The molecule has 1 aliphatic rings. The van der Waals surface area contributed by atoms with Crippen LogP contribution in [-0.2, 0) is 5.41 Å². The van der Waals surface area contributed by atoms with E-state index in [-0.39, 0.29) is 5.41 Å². The molecule has 0 aliphatic heterocycles. The Labute approximate surface area is 85.6 Å². The SMILES string of the molecule is [C-]#[N+]CC1(c2ccccc2)CC1(C)C. The summed E-state index contributed by atoms with van der Waals surface area (Å²) < 4.78 is 0. The van der Waals surface area contributed by atoms with Crippen molar-refractivity contribution in [3.05, 3.63) is 47.3 Å². The summed E-state index contributed by atoms with van der Waals surface area (Å²) in [7, 11) is 0. The van der Waals surface area contributed by atoms with Gasteiger partial charge < -0.3 is 4.85 Å². The molecule has 0 bridgehead atoms. The van der Waals surface area contributed by atoms with Crippen molar-refractivity contribution in [1.29, 1.82) is 0 Å². The van der Waals surface area contributed by atoms with E-state index in [4.69, 9.17) is 6.57 Å². The lowest BCUT2D eigenvalue weighted by molar-refractivity contribution is 0.520. The van der Waals surface area contributed by atoms with E-state index < -0.39 is 0 Å². The summed E-state index contributed by atoms with van der Waals surface area (Å²) in [4.78, 5) is 3.59. The average Bonchev–Trinajstić information content (AvgIpc) is 2.72. The zero-order valence-corrected chi connectivity index (χ0v) is 8.75. The molecular weight excluding hydrogens is 170 g/mol. The lowest BCUT2D eigenvalue weighted by Crippen LogP contribution is -2.17. The highest BCUT2D eigenvalue weighted by Crippen LogP contribution is 2.64. The molecule has 72 valence electrons. The smallest absolute Gasteiger partial charge is 0.224 e. The first kappa shape index (κ1) is 9.27. The first-order chi connectivity index (χ1) is 6.62. The lowest BCUT2D eigenvalue weighted by Gasteiger charge is -2.14. The van der Waals surface area contributed by atoms with Gasteiger partial charge >= 0.3 is 0 Å². The molecule has 0 spiro atoms. The second-order valence-corrected chi connectivity index (χ2v) is 4.83. The molecule has 1 aromatic rings. The second kappa shape index (κ2) is 2.85. The normalized spacial score (nSPS) is 28.1. The molecule has 0 aromatic heterocycles. The van der Waals surface area contributed by atoms with Gasteiger partial charge in [-0.15, -0.1) is 0 Å². The van der Waals surface area contributed by atoms with Crippen molar-refractivity contribution >= 4 is 0 Å². The molecule has 0 amide bonds. The molecular formula is C13H15N. The highest BCUT2D eigenvalue weighted by Gasteiger charge is 2.64. The van der Waals surface area contributed by atoms with Crippen LogP contribution in [0, 0.1) is 12.0 Å². The van der Waals surface area contributed by atoms with Crippen LogP contribution in [0.3, 0.4) is 0 Å². The van der Waals surface area contributed by atoms with Crippen molar-refractivity contribution in [2.24, 2.45) is 5.41 Å². The lowest BCUT2D eigenvalue weighted by atomic mass is 9.88. The summed E-state index contributed by atoms with van der Waals surface area (Å²) in [5, 5.41) is 0. The summed E-state index contributed by atoms with van der Waals surface area (Å²) in [5.74, 6) is 0. The zero-order chi connectivity index (χ0) is 10.2. The van der Waals surface area contributed by atoms with Gasteiger partial charge in [0.25, 0.3) is 0 Å². The minimum Gasteiger partial charge on any atom is -0.316 e. The number of hydrogen-bond donors (Lipinski definition) is 0. The number of rotatable bonds is 2. The van der Waals surface area contributed by atoms with Gasteiger partial charge in [-0.3, -0.25) is 0 Å². The molecule has 0 saturated heterocycles. The molecule has 1 fully saturated rings. The highest BCUT2D eigenvalue weighted by atomic mass is 14.8. The van der Waals surface area contributed by atoms with E-state index in [1.165, 1.54) is 5.56 Å². The Morgan fingerprint density at radius 3 is 2.29 bits per heavy atom. The quantitative estimate of drug-likeness (QED) is 0.623. The maximum atomic E-state index is 7.05. The molecule has 2 rings (SSSR count). The Kier molecular flexibility index (Phi) is 1.89. The van der Waals surface area contributed by atoms with E-state index >= 15 is 0 Å². The molecule has 14 heavy (non-hydrogen) atoms. The molecule has 1 unspecified atom stereocenters. The van der Waals surface area contributed by atoms with Crippen molar-refractivity contribution in [3.63, 3.8) is 0 Å². The van der Waals surface area contributed by atoms with Gasteiger partial charge in [-0.05, 0) is 17.4 Å². The first-order valence-electron chi connectivity index (χ1n) is 5.01. The summed E-state index contributed by atoms with van der Waals surface area (Å²) >= 11 is 0. The molecule has 1 heteroatoms. The first-order valence-corrected chi connectivity index (χ1v) is 5.01. The molecule has 1 atom stereocenters. The highest BCUT2D eigenvalue weighted by molar-refractivity contribution is 5.38. The van der Waals surface area contributed by atoms with Crippen molar-refractivity contribution in [1.82, 2.24) is 0 Å². The van der Waals surface area contributed by atoms with Crippen LogP contribution in [0.1, 0.15) is 25.8 Å². The van der Waals surface area contributed by atoms with Gasteiger partial charge in [0, 0.05) is 0 Å². The van der Waals surface area contributed by atoms with Crippen LogP contribution in [0.15, 0.2) is 30.3 Å². The van der Waals surface area contributed by atoms with Crippen molar-refractivity contribution in [3.8, 4) is 0 Å². The van der Waals surface area contributed by atoms with Gasteiger partial charge in [0.15, 0.2) is 0 Å². The average molecular weight is 185 g/mol. The maximum Gasteiger partial charge on any atom is 0.224 e. The van der Waals surface area contributed by atoms with Gasteiger partial charge in [-0.2, -0.15) is 0 Å². The van der Waals surface area contributed by atoms with Crippen molar-refractivity contribution in [2.45, 2.75) is 25.7 Å². The van der Waals surface area contributed by atoms with Crippen molar-refractivity contribution < 1.29 is 0 Å². The van der Waals surface area contributed by atoms with E-state index in [9.17, 15) is 0 Å². The summed E-state index contributed by atoms with van der Waals surface area (Å²) in [6.07, 6.45) is 1.15. The minimum atomic E-state index is 0.135. The standard InChI is InChI=1S/C13H15N/c1-12(2)9-13(12,10-14-3)11-7-5-4-6-8-11/h4-8H,9-10H2,1-2H3. The van der Waals surface area contributed by atoms with Gasteiger partial charge in [-0.25, -0.2) is 6.57 Å². The largest absolute Gasteiger partial charge is 0.316 e. The van der Waals surface area contributed by atoms with Crippen LogP contribution in [0.2, 0.25) is 0 Å². The van der Waals surface area contributed by atoms with Gasteiger partial charge in [0.1, 0.15) is 0 Å². The Morgan fingerprint density at radius 1 is 1.29 bits per heavy atom. The van der Waals surface area contributed by atoms with E-state index in [1.807, 2.05) is 6.07 Å². The Hall–Kier alpha value is -1.29. The fraction of sp³-hybridized carbons (Fsp3) is 0.462. The Morgan fingerprint density at radius 2 is 1.86 bits per heavy atom. The Bertz CT molecular complexity index is 372. The van der Waals surface area contributed by atoms with E-state index in [0.717, 1.165) is 6.42 Å². The summed E-state index contributed by atoms with van der Waals surface area (Å²) in [6, 6.07) is 10.5. The molecule has 1 aliphatic carbocycles. The predicted octanol–water partition coefficient (Wildman–Crippen LogP) is 3.27. The monoisotopic (exact) mass is 185 g/mol. The van der Waals surface area contributed by atoms with Crippen LogP contribution >= 0.6 is 0 Å². The predicted molar refractivity (Wildman–Crippen MR) is 58.0 cm³/mol. The van der Waals surface area contributed by atoms with Crippen LogP contribution in [-0.4, -0.2) is 6.54 Å². The third-order valence-corrected chi connectivity index (χ3v) is 3.59. The molecule has 1 nitrogen and oxygen atoms in total. The third-order valence-electron chi connectivity index (χ3n) is 3.59. The molecule has 0 heterocycles. The summed E-state index contributed by atoms with van der Waals surface area (Å²) in [5.41, 5.74) is 1.77. The second-order valence-electron chi connectivity index (χ2n) is 4.83. The van der Waals surface area contributed by atoms with E-state index in [0.29, 0.717) is 12.0 Å². The van der Waals surface area contributed by atoms with Gasteiger partial charge in [0.2, 0.25) is 6.54 Å².